The molecule has 226 valence electrons. The molecule has 1 aromatic heterocycles. The molecule has 0 bridgehead atoms. The van der Waals surface area contributed by atoms with Crippen molar-refractivity contribution < 1.29 is 0 Å². The second-order valence-electron chi connectivity index (χ2n) is 12.6. The molecule has 6 aromatic rings. The minimum atomic E-state index is -0.00217. The van der Waals surface area contributed by atoms with Gasteiger partial charge in [-0.15, -0.1) is 0 Å². The van der Waals surface area contributed by atoms with Crippen molar-refractivity contribution in [2.24, 2.45) is 0 Å². The number of allylic oxidation sites excluding steroid dienone is 8. The molecule has 0 fully saturated rings. The number of para-hydroxylation sites is 2. The predicted molar refractivity (Wildman–Crippen MR) is 194 cm³/mol. The Balaban J connectivity index is 1.27. The maximum absolute atomic E-state index is 9.84. The lowest BCUT2D eigenvalue weighted by Gasteiger charge is -2.27. The third-order valence-corrected chi connectivity index (χ3v) is 10.1. The van der Waals surface area contributed by atoms with Gasteiger partial charge in [-0.25, -0.2) is 0 Å². The van der Waals surface area contributed by atoms with E-state index in [0.717, 1.165) is 34.5 Å². The van der Waals surface area contributed by atoms with E-state index in [-0.39, 0.29) is 11.8 Å². The molecule has 0 amide bonds. The van der Waals surface area contributed by atoms with Gasteiger partial charge < -0.3 is 9.47 Å². The van der Waals surface area contributed by atoms with Crippen molar-refractivity contribution in [1.29, 1.82) is 10.5 Å². The van der Waals surface area contributed by atoms with Gasteiger partial charge in [-0.1, -0.05) is 97.1 Å². The van der Waals surface area contributed by atoms with Gasteiger partial charge >= 0.3 is 0 Å². The summed E-state index contributed by atoms with van der Waals surface area (Å²) in [5.41, 5.74) is 13.0. The highest BCUT2D eigenvalue weighted by atomic mass is 15.2. The number of nitrogens with zero attached hydrogens (tertiary/aromatic N) is 4. The molecule has 2 aliphatic carbocycles. The van der Waals surface area contributed by atoms with Gasteiger partial charge in [0.25, 0.3) is 0 Å². The maximum atomic E-state index is 9.84. The largest absolute Gasteiger partial charge is 0.313 e. The van der Waals surface area contributed by atoms with Gasteiger partial charge in [0.1, 0.15) is 6.07 Å². The summed E-state index contributed by atoms with van der Waals surface area (Å²) in [6, 6.07) is 45.8. The molecule has 0 saturated carbocycles. The van der Waals surface area contributed by atoms with Gasteiger partial charge in [0, 0.05) is 50.8 Å². The quantitative estimate of drug-likeness (QED) is 0.198. The average molecular weight is 615 g/mol. The second kappa shape index (κ2) is 11.2. The van der Waals surface area contributed by atoms with Crippen LogP contribution in [0, 0.1) is 22.7 Å². The van der Waals surface area contributed by atoms with E-state index in [4.69, 9.17) is 0 Å². The van der Waals surface area contributed by atoms with Crippen molar-refractivity contribution in [2.45, 2.75) is 24.7 Å². The van der Waals surface area contributed by atoms with Crippen LogP contribution in [0.4, 0.5) is 11.4 Å². The summed E-state index contributed by atoms with van der Waals surface area (Å²) in [6.45, 7) is 0. The minimum absolute atomic E-state index is 0.00217. The van der Waals surface area contributed by atoms with E-state index in [1.54, 1.807) is 0 Å². The van der Waals surface area contributed by atoms with Crippen LogP contribution in [0.25, 0.3) is 38.6 Å². The first-order chi connectivity index (χ1) is 23.7. The summed E-state index contributed by atoms with van der Waals surface area (Å²) in [7, 11) is 0. The van der Waals surface area contributed by atoms with Crippen LogP contribution in [0.2, 0.25) is 0 Å². The van der Waals surface area contributed by atoms with Crippen LogP contribution in [0.5, 0.6) is 0 Å². The van der Waals surface area contributed by atoms with Gasteiger partial charge in [0.15, 0.2) is 0 Å². The molecule has 1 aliphatic heterocycles. The summed E-state index contributed by atoms with van der Waals surface area (Å²) in [5, 5.41) is 21.9. The van der Waals surface area contributed by atoms with Crippen molar-refractivity contribution in [1.82, 2.24) is 4.57 Å². The number of hydrogen-bond donors (Lipinski definition) is 0. The molecule has 0 radical (unpaired) electrons. The lowest BCUT2D eigenvalue weighted by atomic mass is 9.82. The number of benzene rings is 5. The lowest BCUT2D eigenvalue weighted by Crippen LogP contribution is -2.15. The van der Waals surface area contributed by atoms with E-state index in [1.807, 2.05) is 12.1 Å². The molecule has 9 rings (SSSR count). The van der Waals surface area contributed by atoms with E-state index >= 15 is 0 Å². The Bertz CT molecular complexity index is 2480. The zero-order valence-corrected chi connectivity index (χ0v) is 26.2. The normalized spacial score (nSPS) is 18.0. The first-order valence-electron chi connectivity index (χ1n) is 16.4. The molecule has 0 spiro atoms. The summed E-state index contributed by atoms with van der Waals surface area (Å²) in [4.78, 5) is 2.46. The lowest BCUT2D eigenvalue weighted by molar-refractivity contribution is 0.819. The Morgan fingerprint density at radius 1 is 0.729 bits per heavy atom. The molecular formula is C44H30N4. The van der Waals surface area contributed by atoms with Gasteiger partial charge in [-0.2, -0.15) is 10.5 Å². The van der Waals surface area contributed by atoms with E-state index in [9.17, 15) is 10.5 Å². The predicted octanol–water partition coefficient (Wildman–Crippen LogP) is 10.9. The van der Waals surface area contributed by atoms with E-state index in [0.29, 0.717) is 17.6 Å². The van der Waals surface area contributed by atoms with E-state index in [2.05, 4.69) is 155 Å². The standard InChI is InChI=1S/C44H30N4/c45-27-31-20-19-30(25-32(31)28-46)35-22-21-34(26-39(35)29-11-3-1-4-12-29)47-41-18-10-8-16-38(41)43-42(47)24-23-37-36-15-7-9-17-40(36)48(44(37)43)33-13-5-2-6-14-33/h1-15,17-24,26,30,38H,16,25H2. The highest BCUT2D eigenvalue weighted by molar-refractivity contribution is 6.12. The maximum Gasteiger partial charge on any atom is 0.100 e. The number of rotatable bonds is 4. The van der Waals surface area contributed by atoms with E-state index < -0.39 is 0 Å². The Hall–Kier alpha value is -6.36. The van der Waals surface area contributed by atoms with Crippen LogP contribution in [-0.2, 0) is 0 Å². The molecule has 2 heterocycles. The molecule has 0 saturated heterocycles. The number of aromatic nitrogens is 1. The van der Waals surface area contributed by atoms with Crippen molar-refractivity contribution in [3.05, 3.63) is 174 Å². The second-order valence-corrected chi connectivity index (χ2v) is 12.6. The molecule has 0 N–H and O–H groups in total. The first kappa shape index (κ1) is 27.9. The van der Waals surface area contributed by atoms with Crippen LogP contribution < -0.4 is 4.90 Å². The highest BCUT2D eigenvalue weighted by Crippen LogP contribution is 2.55. The van der Waals surface area contributed by atoms with Crippen LogP contribution in [0.15, 0.2) is 162 Å². The number of fused-ring (bicyclic) bond motifs is 7. The average Bonchev–Trinajstić information content (AvgIpc) is 3.68. The SMILES string of the molecule is N#CC1=C(C#N)CC(c2ccc(N3C4=CC=CCC4c4c3ccc3c5ccccc5n(-c5ccccc5)c43)cc2-c2ccccc2)C=C1. The van der Waals surface area contributed by atoms with Gasteiger partial charge in [0.05, 0.1) is 28.4 Å². The molecule has 2 unspecified atom stereocenters. The van der Waals surface area contributed by atoms with Crippen molar-refractivity contribution in [3.8, 4) is 29.0 Å². The zero-order valence-electron chi connectivity index (χ0n) is 26.2. The fourth-order valence-electron chi connectivity index (χ4n) is 8.01. The van der Waals surface area contributed by atoms with Crippen LogP contribution in [0.3, 0.4) is 0 Å². The smallest absolute Gasteiger partial charge is 0.100 e. The zero-order chi connectivity index (χ0) is 32.2. The Morgan fingerprint density at radius 2 is 1.52 bits per heavy atom. The molecule has 48 heavy (non-hydrogen) atoms. The van der Waals surface area contributed by atoms with Crippen LogP contribution in [-0.4, -0.2) is 4.57 Å². The Morgan fingerprint density at radius 3 is 2.33 bits per heavy atom. The van der Waals surface area contributed by atoms with Gasteiger partial charge in [-0.3, -0.25) is 0 Å². The molecule has 5 aromatic carbocycles. The molecular weight excluding hydrogens is 585 g/mol. The molecule has 4 nitrogen and oxygen atoms in total. The fourth-order valence-corrected chi connectivity index (χ4v) is 8.01. The third-order valence-electron chi connectivity index (χ3n) is 10.1. The summed E-state index contributed by atoms with van der Waals surface area (Å²) in [5.74, 6) is 0.215. The van der Waals surface area contributed by atoms with Gasteiger partial charge in [0.2, 0.25) is 0 Å². The van der Waals surface area contributed by atoms with Crippen LogP contribution >= 0.6 is 0 Å². The summed E-state index contributed by atoms with van der Waals surface area (Å²) >= 11 is 0. The van der Waals surface area contributed by atoms with Gasteiger partial charge in [-0.05, 0) is 78.1 Å². The van der Waals surface area contributed by atoms with Crippen LogP contribution in [0.1, 0.15) is 35.8 Å². The minimum Gasteiger partial charge on any atom is -0.313 e. The Kier molecular flexibility index (Phi) is 6.49. The van der Waals surface area contributed by atoms with Crippen molar-refractivity contribution in [3.63, 3.8) is 0 Å². The monoisotopic (exact) mass is 614 g/mol. The molecule has 4 heteroatoms. The highest BCUT2D eigenvalue weighted by Gasteiger charge is 2.38. The summed E-state index contributed by atoms with van der Waals surface area (Å²) < 4.78 is 2.45. The summed E-state index contributed by atoms with van der Waals surface area (Å²) in [6.07, 6.45) is 12.1. The first-order valence-corrected chi connectivity index (χ1v) is 16.4. The molecule has 2 atom stereocenters. The Labute approximate surface area is 279 Å². The fraction of sp³-hybridized carbons (Fsp3) is 0.0909. The van der Waals surface area contributed by atoms with Crippen molar-refractivity contribution >= 4 is 33.2 Å². The number of hydrogen-bond acceptors (Lipinski definition) is 3. The third kappa shape index (κ3) is 4.20. The molecule has 3 aliphatic rings. The van der Waals surface area contributed by atoms with E-state index in [1.165, 1.54) is 38.8 Å². The number of anilines is 2. The topological polar surface area (TPSA) is 55.8 Å². The number of nitriles is 2. The van der Waals surface area contributed by atoms with Crippen molar-refractivity contribution in [2.75, 3.05) is 4.90 Å².